The molecule has 1 aliphatic heterocycles. The van der Waals surface area contributed by atoms with Crippen LogP contribution in [0, 0.1) is 0 Å². The van der Waals surface area contributed by atoms with E-state index in [0.29, 0.717) is 69.1 Å². The number of unbranched alkanes of at least 4 members (excludes halogenated alkanes) is 1. The van der Waals surface area contributed by atoms with E-state index < -0.39 is 5.97 Å². The van der Waals surface area contributed by atoms with Crippen molar-refractivity contribution in [3.05, 3.63) is 65.5 Å². The zero-order valence-corrected chi connectivity index (χ0v) is 26.2. The Labute approximate surface area is 263 Å². The van der Waals surface area contributed by atoms with Gasteiger partial charge in [0.05, 0.1) is 24.0 Å². The van der Waals surface area contributed by atoms with E-state index in [9.17, 15) is 19.5 Å². The lowest BCUT2D eigenvalue weighted by Gasteiger charge is -2.35. The van der Waals surface area contributed by atoms with Crippen LogP contribution in [0.4, 0.5) is 5.82 Å². The third-order valence-corrected chi connectivity index (χ3v) is 8.50. The Kier molecular flexibility index (Phi) is 10.3. The number of amides is 2. The fourth-order valence-corrected chi connectivity index (χ4v) is 6.13. The van der Waals surface area contributed by atoms with Crippen molar-refractivity contribution in [2.45, 2.75) is 59.0 Å². The molecule has 1 fully saturated rings. The van der Waals surface area contributed by atoms with Gasteiger partial charge in [-0.05, 0) is 30.0 Å². The highest BCUT2D eigenvalue weighted by Gasteiger charge is 2.24. The quantitative estimate of drug-likeness (QED) is 0.233. The van der Waals surface area contributed by atoms with Gasteiger partial charge < -0.3 is 25.2 Å². The second-order valence-electron chi connectivity index (χ2n) is 11.8. The molecule has 1 aliphatic rings. The van der Waals surface area contributed by atoms with Crippen LogP contribution in [-0.2, 0) is 40.3 Å². The zero-order valence-electron chi connectivity index (χ0n) is 26.2. The summed E-state index contributed by atoms with van der Waals surface area (Å²) in [6.07, 6.45) is 3.50. The predicted molar refractivity (Wildman–Crippen MR) is 175 cm³/mol. The minimum Gasteiger partial charge on any atom is -0.481 e. The molecule has 0 bridgehead atoms. The summed E-state index contributed by atoms with van der Waals surface area (Å²) in [5, 5.41) is 10.3. The van der Waals surface area contributed by atoms with E-state index >= 15 is 0 Å². The molecule has 5 rings (SSSR count). The van der Waals surface area contributed by atoms with Crippen molar-refractivity contribution in [2.75, 3.05) is 45.0 Å². The number of aromatic nitrogens is 3. The van der Waals surface area contributed by atoms with Gasteiger partial charge in [0.2, 0.25) is 11.8 Å². The lowest BCUT2D eigenvalue weighted by molar-refractivity contribution is -0.137. The first kappa shape index (κ1) is 31.9. The smallest absolute Gasteiger partial charge is 0.307 e. The minimum atomic E-state index is -0.889. The minimum absolute atomic E-state index is 0.00972. The number of nitrogens with zero attached hydrogens (tertiary/aromatic N) is 6. The van der Waals surface area contributed by atoms with Crippen LogP contribution >= 0.6 is 0 Å². The van der Waals surface area contributed by atoms with Crippen LogP contribution in [0.2, 0.25) is 0 Å². The van der Waals surface area contributed by atoms with E-state index in [-0.39, 0.29) is 24.8 Å². The molecule has 11 heteroatoms. The van der Waals surface area contributed by atoms with Crippen molar-refractivity contribution in [1.82, 2.24) is 29.2 Å². The molecule has 0 saturated carbocycles. The molecule has 2 aromatic carbocycles. The van der Waals surface area contributed by atoms with Gasteiger partial charge in [-0.2, -0.15) is 0 Å². The number of hydrogen-bond donors (Lipinski definition) is 2. The number of hydrogen-bond acceptors (Lipinski definition) is 7. The Morgan fingerprint density at radius 1 is 0.978 bits per heavy atom. The number of fused-ring (bicyclic) bond motifs is 3. The summed E-state index contributed by atoms with van der Waals surface area (Å²) in [7, 11) is 0. The largest absolute Gasteiger partial charge is 0.481 e. The Bertz CT molecular complexity index is 1680. The third-order valence-electron chi connectivity index (χ3n) is 8.50. The molecule has 2 amide bonds. The summed E-state index contributed by atoms with van der Waals surface area (Å²) in [5.74, 6) is 0.567. The molecule has 4 aromatic rings. The van der Waals surface area contributed by atoms with Crippen LogP contribution in [-0.4, -0.2) is 91.4 Å². The summed E-state index contributed by atoms with van der Waals surface area (Å²) in [5.41, 5.74) is 10.5. The van der Waals surface area contributed by atoms with Crippen molar-refractivity contribution in [2.24, 2.45) is 0 Å². The summed E-state index contributed by atoms with van der Waals surface area (Å²) in [4.78, 5) is 52.2. The molecule has 0 spiro atoms. The van der Waals surface area contributed by atoms with Crippen LogP contribution in [0.3, 0.4) is 0 Å². The number of aryl methyl sites for hydroxylation is 2. The molecule has 1 saturated heterocycles. The second kappa shape index (κ2) is 14.5. The molecule has 0 aliphatic carbocycles. The average Bonchev–Trinajstić information content (AvgIpc) is 3.38. The number of piperazine rings is 1. The monoisotopic (exact) mass is 613 g/mol. The summed E-state index contributed by atoms with van der Waals surface area (Å²) >= 11 is 0. The number of carbonyl (C=O) groups is 3. The fraction of sp³-hybridized carbons (Fsp3) is 0.441. The van der Waals surface area contributed by atoms with Gasteiger partial charge in [-0.1, -0.05) is 55.8 Å². The van der Waals surface area contributed by atoms with Crippen molar-refractivity contribution in [3.63, 3.8) is 0 Å². The van der Waals surface area contributed by atoms with E-state index in [1.54, 1.807) is 13.0 Å². The van der Waals surface area contributed by atoms with E-state index in [4.69, 9.17) is 10.7 Å². The Hall–Kier alpha value is -4.51. The molecular formula is C34H43N7O4. The second-order valence-corrected chi connectivity index (χ2v) is 11.8. The topological polar surface area (TPSA) is 138 Å². The summed E-state index contributed by atoms with van der Waals surface area (Å²) < 4.78 is 2.25. The normalized spacial score (nSPS) is 13.9. The Morgan fingerprint density at radius 2 is 1.73 bits per heavy atom. The molecule has 3 heterocycles. The maximum absolute atomic E-state index is 13.8. The number of nitrogens with two attached hydrogens (primary N) is 1. The van der Waals surface area contributed by atoms with Crippen LogP contribution < -0.4 is 5.73 Å². The van der Waals surface area contributed by atoms with Crippen molar-refractivity contribution in [3.8, 4) is 0 Å². The third kappa shape index (κ3) is 7.78. The summed E-state index contributed by atoms with van der Waals surface area (Å²) in [6.45, 7) is 8.08. The maximum Gasteiger partial charge on any atom is 0.307 e. The highest BCUT2D eigenvalue weighted by Crippen LogP contribution is 2.29. The standard InChI is InChI=1S/C34H43N7O4/c1-3-4-13-29-37-32-33(27-11-5-6-12-28(27)36-34(32)35)41(29)15-8-14-40(22-26-10-7-9-25(20-26)21-31(44)45)30(43)23-38-16-18-39(19-17-38)24(2)42/h5-7,9-12,20H,3-4,8,13-19,21-23H2,1-2H3,(H2,35,36)(H,44,45). The van der Waals surface area contributed by atoms with Crippen LogP contribution in [0.25, 0.3) is 21.9 Å². The van der Waals surface area contributed by atoms with Gasteiger partial charge in [0.1, 0.15) is 11.3 Å². The number of carbonyl (C=O) groups excluding carboxylic acids is 2. The van der Waals surface area contributed by atoms with Crippen LogP contribution in [0.5, 0.6) is 0 Å². The molecule has 238 valence electrons. The highest BCUT2D eigenvalue weighted by atomic mass is 16.4. The van der Waals surface area contributed by atoms with E-state index in [0.717, 1.165) is 47.1 Å². The number of carboxylic acid groups (broad SMARTS) is 1. The van der Waals surface area contributed by atoms with Crippen LogP contribution in [0.1, 0.15) is 50.1 Å². The maximum atomic E-state index is 13.8. The lowest BCUT2D eigenvalue weighted by Crippen LogP contribution is -2.51. The number of pyridine rings is 1. The predicted octanol–water partition coefficient (Wildman–Crippen LogP) is 3.72. The molecule has 0 atom stereocenters. The first-order valence-corrected chi connectivity index (χ1v) is 15.8. The van der Waals surface area contributed by atoms with E-state index in [1.165, 1.54) is 0 Å². The number of rotatable bonds is 13. The van der Waals surface area contributed by atoms with Gasteiger partial charge >= 0.3 is 5.97 Å². The van der Waals surface area contributed by atoms with Crippen molar-refractivity contribution >= 4 is 45.5 Å². The number of aliphatic carboxylic acids is 1. The van der Waals surface area contributed by atoms with Gasteiger partial charge in [0.25, 0.3) is 0 Å². The van der Waals surface area contributed by atoms with Gasteiger partial charge in [0.15, 0.2) is 5.82 Å². The molecule has 3 N–H and O–H groups in total. The highest BCUT2D eigenvalue weighted by molar-refractivity contribution is 6.06. The van der Waals surface area contributed by atoms with Gasteiger partial charge in [-0.15, -0.1) is 0 Å². The molecule has 2 aromatic heterocycles. The summed E-state index contributed by atoms with van der Waals surface area (Å²) in [6, 6.07) is 15.4. The van der Waals surface area contributed by atoms with E-state index in [1.807, 2.05) is 46.2 Å². The lowest BCUT2D eigenvalue weighted by atomic mass is 10.1. The molecule has 0 unspecified atom stereocenters. The Balaban J connectivity index is 1.38. The number of nitrogen functional groups attached to an aromatic ring is 1. The van der Waals surface area contributed by atoms with Crippen molar-refractivity contribution < 1.29 is 19.5 Å². The number of imidazole rings is 1. The molecule has 0 radical (unpaired) electrons. The van der Waals surface area contributed by atoms with Crippen molar-refractivity contribution in [1.29, 1.82) is 0 Å². The first-order chi connectivity index (χ1) is 21.7. The van der Waals surface area contributed by atoms with E-state index in [2.05, 4.69) is 27.4 Å². The molecule has 11 nitrogen and oxygen atoms in total. The number of para-hydroxylation sites is 1. The van der Waals surface area contributed by atoms with Gasteiger partial charge in [-0.3, -0.25) is 19.3 Å². The number of benzene rings is 2. The molecular weight excluding hydrogens is 570 g/mol. The zero-order chi connectivity index (χ0) is 31.9. The van der Waals surface area contributed by atoms with Gasteiger partial charge in [0, 0.05) is 64.5 Å². The number of carboxylic acids is 1. The first-order valence-electron chi connectivity index (χ1n) is 15.8. The molecule has 45 heavy (non-hydrogen) atoms. The SMILES string of the molecule is CCCCc1nc2c(N)nc3ccccc3c2n1CCCN(Cc1cccc(CC(=O)O)c1)C(=O)CN1CCN(C(C)=O)CC1. The van der Waals surface area contributed by atoms with Crippen LogP contribution in [0.15, 0.2) is 48.5 Å². The fourth-order valence-electron chi connectivity index (χ4n) is 6.13. The number of anilines is 1. The Morgan fingerprint density at radius 3 is 2.47 bits per heavy atom. The average molecular weight is 614 g/mol. The van der Waals surface area contributed by atoms with Gasteiger partial charge in [-0.25, -0.2) is 9.97 Å².